The molecule has 0 aromatic heterocycles. The maximum Gasteiger partial charge on any atom is 0.262 e. The summed E-state index contributed by atoms with van der Waals surface area (Å²) in [4.78, 5) is 11.9. The molecule has 0 aliphatic carbocycles. The molecule has 1 amide bonds. The summed E-state index contributed by atoms with van der Waals surface area (Å²) in [7, 11) is 0. The van der Waals surface area contributed by atoms with E-state index in [9.17, 15) is 9.18 Å². The van der Waals surface area contributed by atoms with Crippen molar-refractivity contribution in [3.63, 3.8) is 0 Å². The highest BCUT2D eigenvalue weighted by atomic mass is 19.1. The molecule has 3 nitrogen and oxygen atoms in total. The number of carbonyl (C=O) groups is 1. The third-order valence-corrected chi connectivity index (χ3v) is 3.76. The van der Waals surface area contributed by atoms with Crippen LogP contribution in [-0.2, 0) is 4.79 Å². The Bertz CT molecular complexity index is 858. The van der Waals surface area contributed by atoms with Gasteiger partial charge in [-0.3, -0.25) is 4.79 Å². The van der Waals surface area contributed by atoms with Gasteiger partial charge in [0.05, 0.1) is 5.69 Å². The summed E-state index contributed by atoms with van der Waals surface area (Å²) in [5, 5.41) is 2.48. The van der Waals surface area contributed by atoms with Crippen LogP contribution in [0.1, 0.15) is 5.56 Å². The highest BCUT2D eigenvalue weighted by molar-refractivity contribution is 5.91. The zero-order chi connectivity index (χ0) is 17.6. The van der Waals surface area contributed by atoms with Crippen LogP contribution in [-0.4, -0.2) is 12.5 Å². The van der Waals surface area contributed by atoms with Crippen LogP contribution in [0.25, 0.3) is 11.1 Å². The van der Waals surface area contributed by atoms with Gasteiger partial charge >= 0.3 is 0 Å². The molecule has 0 fully saturated rings. The van der Waals surface area contributed by atoms with Crippen molar-refractivity contribution in [2.75, 3.05) is 11.9 Å². The fraction of sp³-hybridized carbons (Fsp3) is 0.0952. The highest BCUT2D eigenvalue weighted by Gasteiger charge is 2.07. The molecule has 0 atom stereocenters. The van der Waals surface area contributed by atoms with Gasteiger partial charge in [0.1, 0.15) is 11.6 Å². The minimum Gasteiger partial charge on any atom is -0.484 e. The standard InChI is InChI=1S/C21H18FNO2/c1-15-6-8-16(9-7-15)17-10-12-18(13-11-17)25-14-21(24)23-20-5-3-2-4-19(20)22/h2-13H,14H2,1H3,(H,23,24). The zero-order valence-electron chi connectivity index (χ0n) is 13.8. The fourth-order valence-corrected chi connectivity index (χ4v) is 2.39. The van der Waals surface area contributed by atoms with Crippen LogP contribution in [0.15, 0.2) is 72.8 Å². The maximum absolute atomic E-state index is 13.5. The molecule has 3 rings (SSSR count). The lowest BCUT2D eigenvalue weighted by Gasteiger charge is -2.09. The van der Waals surface area contributed by atoms with Crippen molar-refractivity contribution in [3.8, 4) is 16.9 Å². The largest absolute Gasteiger partial charge is 0.484 e. The average Bonchev–Trinajstić information content (AvgIpc) is 2.63. The Labute approximate surface area is 146 Å². The van der Waals surface area contributed by atoms with E-state index < -0.39 is 11.7 Å². The number of rotatable bonds is 5. The average molecular weight is 335 g/mol. The van der Waals surface area contributed by atoms with Gasteiger partial charge in [-0.1, -0.05) is 54.1 Å². The summed E-state index contributed by atoms with van der Waals surface area (Å²) in [6.45, 7) is 1.87. The van der Waals surface area contributed by atoms with E-state index in [4.69, 9.17) is 4.74 Å². The Kier molecular flexibility index (Phi) is 5.09. The molecular formula is C21H18FNO2. The molecule has 0 saturated heterocycles. The lowest BCUT2D eigenvalue weighted by molar-refractivity contribution is -0.118. The molecular weight excluding hydrogens is 317 g/mol. The predicted octanol–water partition coefficient (Wildman–Crippen LogP) is 4.82. The van der Waals surface area contributed by atoms with Gasteiger partial charge in [0.2, 0.25) is 0 Å². The molecule has 0 spiro atoms. The third-order valence-electron chi connectivity index (χ3n) is 3.76. The van der Waals surface area contributed by atoms with Crippen LogP contribution in [0.2, 0.25) is 0 Å². The van der Waals surface area contributed by atoms with Gasteiger partial charge in [-0.2, -0.15) is 0 Å². The van der Waals surface area contributed by atoms with Gasteiger partial charge in [0, 0.05) is 0 Å². The Morgan fingerprint density at radius 1 is 0.920 bits per heavy atom. The Balaban J connectivity index is 1.57. The first-order chi connectivity index (χ1) is 12.1. The van der Waals surface area contributed by atoms with E-state index in [0.717, 1.165) is 11.1 Å². The van der Waals surface area contributed by atoms with Gasteiger partial charge < -0.3 is 10.1 Å². The molecule has 126 valence electrons. The number of anilines is 1. The number of benzene rings is 3. The number of amides is 1. The normalized spacial score (nSPS) is 10.3. The van der Waals surface area contributed by atoms with E-state index in [0.29, 0.717) is 5.75 Å². The second-order valence-electron chi connectivity index (χ2n) is 5.71. The van der Waals surface area contributed by atoms with Crippen LogP contribution in [0.4, 0.5) is 10.1 Å². The van der Waals surface area contributed by atoms with Crippen molar-refractivity contribution in [3.05, 3.63) is 84.2 Å². The lowest BCUT2D eigenvalue weighted by atomic mass is 10.0. The Morgan fingerprint density at radius 3 is 2.16 bits per heavy atom. The quantitative estimate of drug-likeness (QED) is 0.726. The van der Waals surface area contributed by atoms with Crippen molar-refractivity contribution < 1.29 is 13.9 Å². The van der Waals surface area contributed by atoms with Gasteiger partial charge in [-0.25, -0.2) is 4.39 Å². The van der Waals surface area contributed by atoms with E-state index in [1.807, 2.05) is 31.2 Å². The minimum atomic E-state index is -0.474. The molecule has 0 radical (unpaired) electrons. The van der Waals surface area contributed by atoms with Gasteiger partial charge in [-0.05, 0) is 42.3 Å². The minimum absolute atomic E-state index is 0.144. The molecule has 0 heterocycles. The van der Waals surface area contributed by atoms with Crippen LogP contribution in [0.5, 0.6) is 5.75 Å². The summed E-state index contributed by atoms with van der Waals surface area (Å²) in [5.74, 6) is -0.300. The second kappa shape index (κ2) is 7.62. The first-order valence-corrected chi connectivity index (χ1v) is 7.96. The fourth-order valence-electron chi connectivity index (χ4n) is 2.39. The van der Waals surface area contributed by atoms with Gasteiger partial charge in [0.25, 0.3) is 5.91 Å². The zero-order valence-corrected chi connectivity index (χ0v) is 13.8. The molecule has 25 heavy (non-hydrogen) atoms. The van der Waals surface area contributed by atoms with Crippen LogP contribution in [0.3, 0.4) is 0 Å². The summed E-state index contributed by atoms with van der Waals surface area (Å²) >= 11 is 0. The van der Waals surface area contributed by atoms with Crippen molar-refractivity contribution in [1.29, 1.82) is 0 Å². The number of ether oxygens (including phenoxy) is 1. The number of hydrogen-bond donors (Lipinski definition) is 1. The SMILES string of the molecule is Cc1ccc(-c2ccc(OCC(=O)Nc3ccccc3F)cc2)cc1. The number of halogens is 1. The predicted molar refractivity (Wildman–Crippen MR) is 97.1 cm³/mol. The van der Waals surface area contributed by atoms with E-state index in [2.05, 4.69) is 29.6 Å². The topological polar surface area (TPSA) is 38.3 Å². The Hall–Kier alpha value is -3.14. The molecule has 3 aromatic carbocycles. The number of para-hydroxylation sites is 1. The van der Waals surface area contributed by atoms with Gasteiger partial charge in [-0.15, -0.1) is 0 Å². The summed E-state index contributed by atoms with van der Waals surface area (Å²) in [5.41, 5.74) is 3.55. The molecule has 0 aliphatic heterocycles. The summed E-state index contributed by atoms with van der Waals surface area (Å²) < 4.78 is 18.9. The second-order valence-corrected chi connectivity index (χ2v) is 5.71. The maximum atomic E-state index is 13.5. The number of aryl methyl sites for hydroxylation is 1. The lowest BCUT2D eigenvalue weighted by Crippen LogP contribution is -2.20. The van der Waals surface area contributed by atoms with E-state index in [1.54, 1.807) is 12.1 Å². The molecule has 0 bridgehead atoms. The van der Waals surface area contributed by atoms with Crippen molar-refractivity contribution in [2.24, 2.45) is 0 Å². The molecule has 0 aliphatic rings. The third kappa shape index (κ3) is 4.44. The van der Waals surface area contributed by atoms with Crippen LogP contribution in [0, 0.1) is 12.7 Å². The number of carbonyl (C=O) groups excluding carboxylic acids is 1. The van der Waals surface area contributed by atoms with Crippen LogP contribution >= 0.6 is 0 Å². The molecule has 0 saturated carbocycles. The van der Waals surface area contributed by atoms with Crippen molar-refractivity contribution in [1.82, 2.24) is 0 Å². The first kappa shape index (κ1) is 16.7. The molecule has 3 aromatic rings. The highest BCUT2D eigenvalue weighted by Crippen LogP contribution is 2.22. The monoisotopic (exact) mass is 335 g/mol. The summed E-state index contributed by atoms with van der Waals surface area (Å²) in [6.07, 6.45) is 0. The number of hydrogen-bond acceptors (Lipinski definition) is 2. The van der Waals surface area contributed by atoms with Gasteiger partial charge in [0.15, 0.2) is 6.61 Å². The number of nitrogens with one attached hydrogen (secondary N) is 1. The van der Waals surface area contributed by atoms with E-state index in [1.165, 1.54) is 17.7 Å². The van der Waals surface area contributed by atoms with Crippen LogP contribution < -0.4 is 10.1 Å². The molecule has 4 heteroatoms. The van der Waals surface area contributed by atoms with Crippen molar-refractivity contribution >= 4 is 11.6 Å². The summed E-state index contributed by atoms with van der Waals surface area (Å²) in [6, 6.07) is 21.8. The van der Waals surface area contributed by atoms with Crippen molar-refractivity contribution in [2.45, 2.75) is 6.92 Å². The first-order valence-electron chi connectivity index (χ1n) is 7.96. The smallest absolute Gasteiger partial charge is 0.262 e. The molecule has 0 unspecified atom stereocenters. The molecule has 1 N–H and O–H groups in total. The Morgan fingerprint density at radius 2 is 1.52 bits per heavy atom. The van der Waals surface area contributed by atoms with E-state index in [-0.39, 0.29) is 12.3 Å². The van der Waals surface area contributed by atoms with E-state index >= 15 is 0 Å².